The average Bonchev–Trinajstić information content (AvgIpc) is 2.33. The lowest BCUT2D eigenvalue weighted by molar-refractivity contribution is 0.229. The summed E-state index contributed by atoms with van der Waals surface area (Å²) in [5.74, 6) is 1.19. The molecule has 96 valence electrons. The van der Waals surface area contributed by atoms with Gasteiger partial charge in [0.25, 0.3) is 0 Å². The van der Waals surface area contributed by atoms with Crippen molar-refractivity contribution in [2.45, 2.75) is 26.7 Å². The summed E-state index contributed by atoms with van der Waals surface area (Å²) in [6.45, 7) is 5.10. The van der Waals surface area contributed by atoms with Gasteiger partial charge >= 0.3 is 0 Å². The van der Waals surface area contributed by atoms with E-state index in [-0.39, 0.29) is 6.61 Å². The molecule has 0 fully saturated rings. The zero-order valence-electron chi connectivity index (χ0n) is 10.3. The van der Waals surface area contributed by atoms with Crippen LogP contribution in [0.15, 0.2) is 10.7 Å². The predicted molar refractivity (Wildman–Crippen MR) is 75.1 cm³/mol. The first-order valence-electron chi connectivity index (χ1n) is 5.81. The van der Waals surface area contributed by atoms with Gasteiger partial charge in [0.05, 0.1) is 16.4 Å². The first-order chi connectivity index (χ1) is 8.06. The Morgan fingerprint density at radius 2 is 2.29 bits per heavy atom. The highest BCUT2D eigenvalue weighted by Gasteiger charge is 2.07. The quantitative estimate of drug-likeness (QED) is 0.706. The molecule has 1 heterocycles. The van der Waals surface area contributed by atoms with E-state index in [0.717, 1.165) is 35.2 Å². The first-order valence-corrected chi connectivity index (χ1v) is 6.60. The molecule has 1 aromatic rings. The van der Waals surface area contributed by atoms with Gasteiger partial charge < -0.3 is 16.2 Å². The van der Waals surface area contributed by atoms with E-state index in [1.165, 1.54) is 0 Å². The lowest BCUT2D eigenvalue weighted by atomic mass is 10.1. The van der Waals surface area contributed by atoms with Crippen molar-refractivity contribution >= 4 is 27.4 Å². The van der Waals surface area contributed by atoms with Crippen LogP contribution in [-0.2, 0) is 0 Å². The van der Waals surface area contributed by atoms with E-state index in [1.54, 1.807) is 6.20 Å². The van der Waals surface area contributed by atoms with Crippen LogP contribution in [-0.4, -0.2) is 23.2 Å². The fourth-order valence-corrected chi connectivity index (χ4v) is 1.94. The van der Waals surface area contributed by atoms with Crippen LogP contribution in [0.1, 0.15) is 25.3 Å². The maximum Gasteiger partial charge on any atom is 0.140 e. The molecule has 0 aliphatic rings. The molecule has 4 nitrogen and oxygen atoms in total. The van der Waals surface area contributed by atoms with Gasteiger partial charge in [0, 0.05) is 13.2 Å². The first kappa shape index (κ1) is 14.3. The van der Waals surface area contributed by atoms with E-state index in [1.807, 2.05) is 13.8 Å². The lowest BCUT2D eigenvalue weighted by Gasteiger charge is -2.12. The standard InChI is InChI=1S/C12H20BrN3O/c1-8(7-17)4-3-5-15-12-11(13)9(2)10(14)6-16-12/h6,8,17H,3-5,7,14H2,1-2H3,(H,15,16). The summed E-state index contributed by atoms with van der Waals surface area (Å²) in [6, 6.07) is 0. The molecule has 1 unspecified atom stereocenters. The minimum atomic E-state index is 0.253. The number of anilines is 2. The third-order valence-electron chi connectivity index (χ3n) is 2.78. The molecule has 0 aromatic carbocycles. The van der Waals surface area contributed by atoms with Crippen LogP contribution in [0.5, 0.6) is 0 Å². The van der Waals surface area contributed by atoms with Gasteiger partial charge in [-0.15, -0.1) is 0 Å². The molecule has 0 saturated carbocycles. The fourth-order valence-electron chi connectivity index (χ4n) is 1.46. The van der Waals surface area contributed by atoms with Crippen LogP contribution in [0.25, 0.3) is 0 Å². The number of aliphatic hydroxyl groups excluding tert-OH is 1. The van der Waals surface area contributed by atoms with Crippen molar-refractivity contribution in [2.75, 3.05) is 24.2 Å². The van der Waals surface area contributed by atoms with Gasteiger partial charge in [-0.1, -0.05) is 6.92 Å². The number of nitrogens with one attached hydrogen (secondary N) is 1. The highest BCUT2D eigenvalue weighted by atomic mass is 79.9. The SMILES string of the molecule is Cc1c(N)cnc(NCCCC(C)CO)c1Br. The second kappa shape index (κ2) is 6.81. The second-order valence-corrected chi connectivity index (χ2v) is 5.15. The Bertz CT molecular complexity index is 371. The molecule has 0 radical (unpaired) electrons. The van der Waals surface area contributed by atoms with E-state index in [2.05, 4.69) is 26.2 Å². The summed E-state index contributed by atoms with van der Waals surface area (Å²) in [5, 5.41) is 12.2. The van der Waals surface area contributed by atoms with Crippen LogP contribution in [0.2, 0.25) is 0 Å². The molecule has 0 spiro atoms. The summed E-state index contributed by atoms with van der Waals surface area (Å²) in [6.07, 6.45) is 3.69. The Hall–Kier alpha value is -0.810. The molecule has 0 bridgehead atoms. The Morgan fingerprint density at radius 1 is 1.59 bits per heavy atom. The van der Waals surface area contributed by atoms with E-state index < -0.39 is 0 Å². The van der Waals surface area contributed by atoms with Crippen molar-refractivity contribution in [3.63, 3.8) is 0 Å². The molecule has 0 aliphatic heterocycles. The molecule has 5 heteroatoms. The van der Waals surface area contributed by atoms with E-state index in [9.17, 15) is 0 Å². The molecule has 1 aromatic heterocycles. The molecule has 0 amide bonds. The Kier molecular flexibility index (Phi) is 5.71. The summed E-state index contributed by atoms with van der Waals surface area (Å²) < 4.78 is 0.924. The van der Waals surface area contributed by atoms with E-state index in [4.69, 9.17) is 10.8 Å². The van der Waals surface area contributed by atoms with Crippen LogP contribution >= 0.6 is 15.9 Å². The number of nitrogens with zero attached hydrogens (tertiary/aromatic N) is 1. The fraction of sp³-hybridized carbons (Fsp3) is 0.583. The summed E-state index contributed by atoms with van der Waals surface area (Å²) in [7, 11) is 0. The molecule has 1 atom stereocenters. The number of nitrogen functional groups attached to an aromatic ring is 1. The van der Waals surface area contributed by atoms with Gasteiger partial charge in [-0.2, -0.15) is 0 Å². The highest BCUT2D eigenvalue weighted by Crippen LogP contribution is 2.27. The van der Waals surface area contributed by atoms with Crippen molar-refractivity contribution in [1.82, 2.24) is 4.98 Å². The molecule has 4 N–H and O–H groups in total. The third-order valence-corrected chi connectivity index (χ3v) is 3.75. The molecule has 0 aliphatic carbocycles. The third kappa shape index (κ3) is 4.16. The minimum Gasteiger partial charge on any atom is -0.397 e. The van der Waals surface area contributed by atoms with Gasteiger partial charge in [0.15, 0.2) is 0 Å². The number of nitrogens with two attached hydrogens (primary N) is 1. The molecule has 0 saturated heterocycles. The van der Waals surface area contributed by atoms with Crippen molar-refractivity contribution in [3.8, 4) is 0 Å². The Balaban J connectivity index is 2.45. The molecule has 1 rings (SSSR count). The highest BCUT2D eigenvalue weighted by molar-refractivity contribution is 9.10. The zero-order valence-corrected chi connectivity index (χ0v) is 11.9. The second-order valence-electron chi connectivity index (χ2n) is 4.36. The van der Waals surface area contributed by atoms with Crippen molar-refractivity contribution in [1.29, 1.82) is 0 Å². The predicted octanol–water partition coefficient (Wildman–Crippen LogP) is 2.56. The Morgan fingerprint density at radius 3 is 2.94 bits per heavy atom. The van der Waals surface area contributed by atoms with Gasteiger partial charge in [0.2, 0.25) is 0 Å². The summed E-state index contributed by atoms with van der Waals surface area (Å²) in [4.78, 5) is 4.24. The average molecular weight is 302 g/mol. The number of hydrogen-bond acceptors (Lipinski definition) is 4. The van der Waals surface area contributed by atoms with Crippen LogP contribution in [0, 0.1) is 12.8 Å². The minimum absolute atomic E-state index is 0.253. The molecular weight excluding hydrogens is 282 g/mol. The van der Waals surface area contributed by atoms with Crippen molar-refractivity contribution in [3.05, 3.63) is 16.2 Å². The Labute approximate surface area is 111 Å². The number of hydrogen-bond donors (Lipinski definition) is 3. The normalized spacial score (nSPS) is 12.5. The van der Waals surface area contributed by atoms with Crippen LogP contribution < -0.4 is 11.1 Å². The van der Waals surface area contributed by atoms with Gasteiger partial charge in [-0.05, 0) is 47.2 Å². The summed E-state index contributed by atoms with van der Waals surface area (Å²) in [5.41, 5.74) is 7.45. The van der Waals surface area contributed by atoms with Gasteiger partial charge in [0.1, 0.15) is 5.82 Å². The van der Waals surface area contributed by atoms with Gasteiger partial charge in [-0.3, -0.25) is 0 Å². The van der Waals surface area contributed by atoms with Crippen molar-refractivity contribution in [2.24, 2.45) is 5.92 Å². The number of aliphatic hydroxyl groups is 1. The lowest BCUT2D eigenvalue weighted by Crippen LogP contribution is -2.08. The smallest absolute Gasteiger partial charge is 0.140 e. The monoisotopic (exact) mass is 301 g/mol. The largest absolute Gasteiger partial charge is 0.397 e. The van der Waals surface area contributed by atoms with E-state index >= 15 is 0 Å². The number of halogens is 1. The van der Waals surface area contributed by atoms with Crippen molar-refractivity contribution < 1.29 is 5.11 Å². The molecular formula is C12H20BrN3O. The number of rotatable bonds is 6. The maximum absolute atomic E-state index is 8.91. The van der Waals surface area contributed by atoms with Gasteiger partial charge in [-0.25, -0.2) is 4.98 Å². The maximum atomic E-state index is 8.91. The number of pyridine rings is 1. The topological polar surface area (TPSA) is 71.2 Å². The zero-order chi connectivity index (χ0) is 12.8. The van der Waals surface area contributed by atoms with Crippen LogP contribution in [0.4, 0.5) is 11.5 Å². The van der Waals surface area contributed by atoms with Crippen LogP contribution in [0.3, 0.4) is 0 Å². The summed E-state index contributed by atoms with van der Waals surface area (Å²) >= 11 is 3.48. The van der Waals surface area contributed by atoms with E-state index in [0.29, 0.717) is 11.6 Å². The molecule has 17 heavy (non-hydrogen) atoms. The number of aromatic nitrogens is 1.